The Kier molecular flexibility index (Phi) is 5.96. The molecule has 1 fully saturated rings. The fraction of sp³-hybridized carbons (Fsp3) is 0.733. The first-order valence-electron chi connectivity index (χ1n) is 7.51. The molecule has 0 radical (unpaired) electrons. The van der Waals surface area contributed by atoms with Crippen LogP contribution in [0.4, 0.5) is 5.82 Å². The van der Waals surface area contributed by atoms with Crippen molar-refractivity contribution in [3.8, 4) is 0 Å². The Hall–Kier alpha value is -0.720. The van der Waals surface area contributed by atoms with Gasteiger partial charge in [0.1, 0.15) is 11.4 Å². The molecule has 1 heterocycles. The smallest absolute Gasteiger partial charge is 0.163 e. The Morgan fingerprint density at radius 3 is 2.52 bits per heavy atom. The Morgan fingerprint density at radius 2 is 1.95 bits per heavy atom. The minimum absolute atomic E-state index is 0.341. The van der Waals surface area contributed by atoms with Gasteiger partial charge in [0.25, 0.3) is 0 Å². The molecule has 1 aliphatic carbocycles. The van der Waals surface area contributed by atoms with Gasteiger partial charge < -0.3 is 14.8 Å². The number of rotatable bonds is 7. The van der Waals surface area contributed by atoms with Crippen LogP contribution in [-0.2, 0) is 21.7 Å². The monoisotopic (exact) mass is 357 g/mol. The molecular weight excluding hydrogens is 334 g/mol. The first kappa shape index (κ1) is 16.6. The second-order valence-corrected chi connectivity index (χ2v) is 6.21. The molecule has 1 N–H and O–H groups in total. The van der Waals surface area contributed by atoms with Crippen LogP contribution in [0, 0.1) is 0 Å². The predicted octanol–water partition coefficient (Wildman–Crippen LogP) is 3.62. The van der Waals surface area contributed by atoms with E-state index in [4.69, 9.17) is 19.4 Å². The molecule has 0 spiro atoms. The van der Waals surface area contributed by atoms with Crippen molar-refractivity contribution in [3.63, 3.8) is 0 Å². The van der Waals surface area contributed by atoms with E-state index < -0.39 is 0 Å². The van der Waals surface area contributed by atoms with Gasteiger partial charge in [-0.2, -0.15) is 0 Å². The summed E-state index contributed by atoms with van der Waals surface area (Å²) in [6.45, 7) is 3.46. The minimum Gasteiger partial charge on any atom is -0.378 e. The average Bonchev–Trinajstić information content (AvgIpc) is 2.98. The molecule has 6 heteroatoms. The third-order valence-corrected chi connectivity index (χ3v) is 4.79. The van der Waals surface area contributed by atoms with Crippen LogP contribution in [0.2, 0.25) is 0 Å². The lowest BCUT2D eigenvalue weighted by atomic mass is 10.0. The SMILES string of the molecule is CCCNc1nc(C2(OC)CCCC2)nc(COC)c1Br. The first-order chi connectivity index (χ1) is 10.2. The number of methoxy groups -OCH3 is 2. The van der Waals surface area contributed by atoms with Gasteiger partial charge in [-0.05, 0) is 48.0 Å². The topological polar surface area (TPSA) is 56.3 Å². The molecule has 0 unspecified atom stereocenters. The van der Waals surface area contributed by atoms with E-state index in [0.717, 1.165) is 60.5 Å². The number of anilines is 1. The van der Waals surface area contributed by atoms with Crippen LogP contribution in [-0.4, -0.2) is 30.7 Å². The van der Waals surface area contributed by atoms with E-state index in [-0.39, 0.29) is 5.60 Å². The van der Waals surface area contributed by atoms with Gasteiger partial charge in [-0.15, -0.1) is 0 Å². The normalized spacial score (nSPS) is 17.1. The van der Waals surface area contributed by atoms with Gasteiger partial charge in [-0.3, -0.25) is 0 Å². The highest BCUT2D eigenvalue weighted by Gasteiger charge is 2.39. The van der Waals surface area contributed by atoms with Crippen molar-refractivity contribution in [2.45, 2.75) is 51.2 Å². The number of halogens is 1. The molecule has 0 aliphatic heterocycles. The lowest BCUT2D eigenvalue weighted by Gasteiger charge is -2.27. The predicted molar refractivity (Wildman–Crippen MR) is 86.4 cm³/mol. The molecule has 1 aromatic rings. The highest BCUT2D eigenvalue weighted by molar-refractivity contribution is 9.10. The van der Waals surface area contributed by atoms with Gasteiger partial charge >= 0.3 is 0 Å². The van der Waals surface area contributed by atoms with Gasteiger partial charge in [0.2, 0.25) is 0 Å². The number of nitrogens with one attached hydrogen (secondary N) is 1. The van der Waals surface area contributed by atoms with E-state index in [2.05, 4.69) is 28.2 Å². The summed E-state index contributed by atoms with van der Waals surface area (Å²) in [5, 5.41) is 3.36. The summed E-state index contributed by atoms with van der Waals surface area (Å²) in [6, 6.07) is 0. The summed E-state index contributed by atoms with van der Waals surface area (Å²) < 4.78 is 12.0. The second kappa shape index (κ2) is 7.51. The van der Waals surface area contributed by atoms with Crippen LogP contribution in [0.25, 0.3) is 0 Å². The zero-order chi connectivity index (χ0) is 15.3. The van der Waals surface area contributed by atoms with Crippen LogP contribution in [0.5, 0.6) is 0 Å². The lowest BCUT2D eigenvalue weighted by Crippen LogP contribution is -2.28. The maximum absolute atomic E-state index is 5.81. The van der Waals surface area contributed by atoms with Crippen molar-refractivity contribution in [1.29, 1.82) is 0 Å². The van der Waals surface area contributed by atoms with E-state index in [1.54, 1.807) is 14.2 Å². The van der Waals surface area contributed by atoms with Crippen LogP contribution >= 0.6 is 15.9 Å². The van der Waals surface area contributed by atoms with Gasteiger partial charge in [-0.25, -0.2) is 9.97 Å². The van der Waals surface area contributed by atoms with E-state index in [1.807, 2.05) is 0 Å². The summed E-state index contributed by atoms with van der Waals surface area (Å²) in [5.74, 6) is 1.61. The summed E-state index contributed by atoms with van der Waals surface area (Å²) in [6.07, 6.45) is 5.31. The van der Waals surface area contributed by atoms with Crippen LogP contribution in [0.15, 0.2) is 4.47 Å². The third-order valence-electron chi connectivity index (χ3n) is 3.95. The molecular formula is C15H24BrN3O2. The summed E-state index contributed by atoms with van der Waals surface area (Å²) in [4.78, 5) is 9.44. The quantitative estimate of drug-likeness (QED) is 0.807. The van der Waals surface area contributed by atoms with Crippen LogP contribution < -0.4 is 5.32 Å². The Labute approximate surface area is 135 Å². The fourth-order valence-corrected chi connectivity index (χ4v) is 3.19. The van der Waals surface area contributed by atoms with Crippen molar-refractivity contribution >= 4 is 21.7 Å². The van der Waals surface area contributed by atoms with Gasteiger partial charge in [0, 0.05) is 20.8 Å². The van der Waals surface area contributed by atoms with Crippen molar-refractivity contribution in [1.82, 2.24) is 9.97 Å². The fourth-order valence-electron chi connectivity index (χ4n) is 2.76. The molecule has 1 aromatic heterocycles. The molecule has 0 aromatic carbocycles. The van der Waals surface area contributed by atoms with Gasteiger partial charge in [0.15, 0.2) is 5.82 Å². The first-order valence-corrected chi connectivity index (χ1v) is 8.31. The average molecular weight is 358 g/mol. The molecule has 0 bridgehead atoms. The highest BCUT2D eigenvalue weighted by Crippen LogP contribution is 2.41. The van der Waals surface area contributed by atoms with E-state index in [9.17, 15) is 0 Å². The Balaban J connectivity index is 2.42. The van der Waals surface area contributed by atoms with Crippen LogP contribution in [0.3, 0.4) is 0 Å². The maximum Gasteiger partial charge on any atom is 0.163 e. The summed E-state index contributed by atoms with van der Waals surface area (Å²) >= 11 is 3.59. The van der Waals surface area contributed by atoms with Crippen molar-refractivity contribution in [2.75, 3.05) is 26.1 Å². The molecule has 5 nitrogen and oxygen atoms in total. The molecule has 0 atom stereocenters. The number of nitrogens with zero attached hydrogens (tertiary/aromatic N) is 2. The summed E-state index contributed by atoms with van der Waals surface area (Å²) in [7, 11) is 3.43. The standard InChI is InChI=1S/C15H24BrN3O2/c1-4-9-17-13-12(16)11(10-20-2)18-14(19-13)15(21-3)7-5-6-8-15/h4-10H2,1-3H3,(H,17,18,19). The Morgan fingerprint density at radius 1 is 1.24 bits per heavy atom. The lowest BCUT2D eigenvalue weighted by molar-refractivity contribution is -0.0166. The minimum atomic E-state index is -0.341. The third kappa shape index (κ3) is 3.55. The maximum atomic E-state index is 5.81. The van der Waals surface area contributed by atoms with Crippen molar-refractivity contribution < 1.29 is 9.47 Å². The molecule has 0 amide bonds. The zero-order valence-electron chi connectivity index (χ0n) is 13.0. The van der Waals surface area contributed by atoms with Gasteiger partial charge in [-0.1, -0.05) is 6.92 Å². The molecule has 0 saturated heterocycles. The number of hydrogen-bond acceptors (Lipinski definition) is 5. The summed E-state index contributed by atoms with van der Waals surface area (Å²) in [5.41, 5.74) is 0.524. The van der Waals surface area contributed by atoms with Crippen LogP contribution in [0.1, 0.15) is 50.5 Å². The van der Waals surface area contributed by atoms with E-state index in [0.29, 0.717) is 6.61 Å². The molecule has 1 aliphatic rings. The molecule has 118 valence electrons. The Bertz CT molecular complexity index is 476. The molecule has 21 heavy (non-hydrogen) atoms. The molecule has 1 saturated carbocycles. The van der Waals surface area contributed by atoms with Crippen molar-refractivity contribution in [3.05, 3.63) is 16.0 Å². The number of hydrogen-bond donors (Lipinski definition) is 1. The zero-order valence-corrected chi connectivity index (χ0v) is 14.6. The number of aromatic nitrogens is 2. The van der Waals surface area contributed by atoms with E-state index >= 15 is 0 Å². The van der Waals surface area contributed by atoms with Crippen molar-refractivity contribution in [2.24, 2.45) is 0 Å². The largest absolute Gasteiger partial charge is 0.378 e. The highest BCUT2D eigenvalue weighted by atomic mass is 79.9. The molecule has 2 rings (SSSR count). The van der Waals surface area contributed by atoms with Gasteiger partial charge in [0.05, 0.1) is 16.8 Å². The second-order valence-electron chi connectivity index (χ2n) is 5.42. The number of ether oxygens (including phenoxy) is 2. The van der Waals surface area contributed by atoms with E-state index in [1.165, 1.54) is 0 Å².